The monoisotopic (exact) mass is 510 g/mol. The van der Waals surface area contributed by atoms with Crippen LogP contribution in [-0.2, 0) is 18.5 Å². The van der Waals surface area contributed by atoms with E-state index in [0.29, 0.717) is 23.6 Å². The molecule has 3 aromatic heterocycles. The Morgan fingerprint density at radius 3 is 2.39 bits per heavy atom. The van der Waals surface area contributed by atoms with E-state index in [1.807, 2.05) is 6.07 Å². The number of ether oxygens (including phenoxy) is 1. The molecule has 36 heavy (non-hydrogen) atoms. The third kappa shape index (κ3) is 5.12. The van der Waals surface area contributed by atoms with Gasteiger partial charge in [-0.25, -0.2) is 18.4 Å². The van der Waals surface area contributed by atoms with Crippen molar-refractivity contribution in [1.82, 2.24) is 24.3 Å². The van der Waals surface area contributed by atoms with Crippen molar-refractivity contribution in [2.45, 2.75) is 32.4 Å². The van der Waals surface area contributed by atoms with Gasteiger partial charge in [0.2, 0.25) is 0 Å². The van der Waals surface area contributed by atoms with E-state index in [-0.39, 0.29) is 29.4 Å². The van der Waals surface area contributed by atoms with Crippen molar-refractivity contribution in [2.75, 3.05) is 6.61 Å². The molecule has 0 aliphatic rings. The van der Waals surface area contributed by atoms with Gasteiger partial charge in [-0.1, -0.05) is 31.8 Å². The summed E-state index contributed by atoms with van der Waals surface area (Å²) in [7, 11) is 0.246. The Labute approximate surface area is 208 Å². The van der Waals surface area contributed by atoms with Crippen molar-refractivity contribution < 1.29 is 18.3 Å². The van der Waals surface area contributed by atoms with Crippen molar-refractivity contribution in [2.24, 2.45) is 12.8 Å². The highest BCUT2D eigenvalue weighted by atomic mass is 28.3. The zero-order valence-electron chi connectivity index (χ0n) is 20.6. The van der Waals surface area contributed by atoms with Crippen LogP contribution in [0.25, 0.3) is 33.8 Å². The summed E-state index contributed by atoms with van der Waals surface area (Å²) >= 11 is 0. The minimum atomic E-state index is -1.27. The van der Waals surface area contributed by atoms with Crippen LogP contribution < -0.4 is 5.73 Å². The predicted molar refractivity (Wildman–Crippen MR) is 136 cm³/mol. The lowest BCUT2D eigenvalue weighted by Gasteiger charge is -2.16. The predicted octanol–water partition coefficient (Wildman–Crippen LogP) is 4.70. The highest BCUT2D eigenvalue weighted by Gasteiger charge is 2.24. The lowest BCUT2D eigenvalue weighted by molar-refractivity contribution is 0.0797. The molecular formula is C25H28F2N6O2Si. The molecule has 2 N–H and O–H groups in total. The lowest BCUT2D eigenvalue weighted by Crippen LogP contribution is -2.22. The summed E-state index contributed by atoms with van der Waals surface area (Å²) in [6, 6.07) is 9.28. The third-order valence-corrected chi connectivity index (χ3v) is 7.52. The van der Waals surface area contributed by atoms with Crippen LogP contribution in [0.4, 0.5) is 8.78 Å². The normalized spacial score (nSPS) is 11.7. The second-order valence-electron chi connectivity index (χ2n) is 9.65. The molecule has 188 valence electrons. The number of rotatable bonds is 9. The molecule has 8 nitrogen and oxygen atoms in total. The summed E-state index contributed by atoms with van der Waals surface area (Å²) in [4.78, 5) is 19.8. The van der Waals surface area contributed by atoms with E-state index in [0.717, 1.165) is 6.04 Å². The number of amides is 1. The van der Waals surface area contributed by atoms with Gasteiger partial charge in [0.05, 0.1) is 29.5 Å². The van der Waals surface area contributed by atoms with E-state index in [1.54, 1.807) is 23.0 Å². The van der Waals surface area contributed by atoms with E-state index in [9.17, 15) is 4.79 Å². The van der Waals surface area contributed by atoms with E-state index in [4.69, 9.17) is 10.5 Å². The van der Waals surface area contributed by atoms with Crippen LogP contribution in [0.2, 0.25) is 25.7 Å². The van der Waals surface area contributed by atoms with Crippen LogP contribution >= 0.6 is 0 Å². The number of benzene rings is 1. The van der Waals surface area contributed by atoms with Crippen molar-refractivity contribution in [1.29, 1.82) is 0 Å². The summed E-state index contributed by atoms with van der Waals surface area (Å²) in [5.41, 5.74) is 6.97. The SMILES string of the molecule is Cn1c(-c2ccc(-c3cnn(COCC[Si](C)(C)C)c3-c3ccccn3)c(F)c2F)cnc1C(N)=O. The average Bonchev–Trinajstić information content (AvgIpc) is 3.42. The molecule has 1 amide bonds. The number of hydrogen-bond donors (Lipinski definition) is 1. The van der Waals surface area contributed by atoms with E-state index in [1.165, 1.54) is 36.1 Å². The zero-order chi connectivity index (χ0) is 26.0. The Kier molecular flexibility index (Phi) is 7.13. The molecule has 0 atom stereocenters. The Balaban J connectivity index is 1.74. The number of pyridine rings is 1. The first-order valence-corrected chi connectivity index (χ1v) is 15.1. The largest absolute Gasteiger partial charge is 0.363 e. The molecule has 4 aromatic rings. The van der Waals surface area contributed by atoms with Crippen LogP contribution in [0.3, 0.4) is 0 Å². The minimum Gasteiger partial charge on any atom is -0.363 e. The van der Waals surface area contributed by atoms with E-state index in [2.05, 4.69) is 34.7 Å². The van der Waals surface area contributed by atoms with Crippen LogP contribution in [0.15, 0.2) is 48.9 Å². The number of aromatic nitrogens is 5. The van der Waals surface area contributed by atoms with Gasteiger partial charge in [-0.2, -0.15) is 5.10 Å². The fourth-order valence-electron chi connectivity index (χ4n) is 3.83. The number of halogens is 2. The summed E-state index contributed by atoms with van der Waals surface area (Å²) in [5, 5.41) is 4.40. The molecule has 0 aliphatic carbocycles. The van der Waals surface area contributed by atoms with Crippen molar-refractivity contribution >= 4 is 14.0 Å². The fourth-order valence-corrected chi connectivity index (χ4v) is 4.58. The van der Waals surface area contributed by atoms with Gasteiger partial charge in [0, 0.05) is 44.6 Å². The zero-order valence-corrected chi connectivity index (χ0v) is 21.6. The molecule has 0 radical (unpaired) electrons. The second-order valence-corrected chi connectivity index (χ2v) is 15.3. The highest BCUT2D eigenvalue weighted by Crippen LogP contribution is 2.36. The number of nitrogens with two attached hydrogens (primary N) is 1. The van der Waals surface area contributed by atoms with Gasteiger partial charge in [0.1, 0.15) is 6.73 Å². The molecule has 0 bridgehead atoms. The Hall–Kier alpha value is -3.70. The lowest BCUT2D eigenvalue weighted by atomic mass is 10.0. The molecule has 11 heteroatoms. The number of imidazole rings is 1. The third-order valence-electron chi connectivity index (χ3n) is 5.81. The van der Waals surface area contributed by atoms with Crippen LogP contribution in [0, 0.1) is 11.6 Å². The van der Waals surface area contributed by atoms with Crippen LogP contribution in [-0.4, -0.2) is 44.9 Å². The Morgan fingerprint density at radius 1 is 1.03 bits per heavy atom. The summed E-state index contributed by atoms with van der Waals surface area (Å²) in [6.45, 7) is 7.54. The number of carbonyl (C=O) groups excluding carboxylic acids is 1. The van der Waals surface area contributed by atoms with Gasteiger partial charge < -0.3 is 15.0 Å². The van der Waals surface area contributed by atoms with Gasteiger partial charge in [-0.3, -0.25) is 9.78 Å². The minimum absolute atomic E-state index is 0.0301. The summed E-state index contributed by atoms with van der Waals surface area (Å²) < 4.78 is 39.6. The van der Waals surface area contributed by atoms with Gasteiger partial charge in [-0.15, -0.1) is 0 Å². The van der Waals surface area contributed by atoms with Crippen molar-refractivity contribution in [3.63, 3.8) is 0 Å². The van der Waals surface area contributed by atoms with Crippen LogP contribution in [0.5, 0.6) is 0 Å². The Morgan fingerprint density at radius 2 is 1.75 bits per heavy atom. The van der Waals surface area contributed by atoms with Gasteiger partial charge in [0.25, 0.3) is 5.91 Å². The maximum absolute atomic E-state index is 15.5. The standard InChI is InChI=1S/C25H28F2N6O2Si/c1-32-20(14-30-25(32)24(28)34)17-9-8-16(21(26)22(17)27)18-13-31-33(15-35-11-12-36(2,3)4)23(18)19-7-5-6-10-29-19/h5-10,13-14H,11-12,15H2,1-4H3,(H2,28,34). The molecule has 0 fully saturated rings. The number of carbonyl (C=O) groups is 1. The molecule has 0 spiro atoms. The van der Waals surface area contributed by atoms with Gasteiger partial charge in [-0.05, 0) is 24.2 Å². The average molecular weight is 511 g/mol. The van der Waals surface area contributed by atoms with Crippen LogP contribution in [0.1, 0.15) is 10.6 Å². The molecule has 0 saturated heterocycles. The smallest absolute Gasteiger partial charge is 0.284 e. The molecule has 4 rings (SSSR count). The maximum Gasteiger partial charge on any atom is 0.284 e. The first-order chi connectivity index (χ1) is 17.1. The quantitative estimate of drug-likeness (QED) is 0.260. The number of hydrogen-bond acceptors (Lipinski definition) is 5. The first kappa shape index (κ1) is 25.4. The number of nitrogens with zero attached hydrogens (tertiary/aromatic N) is 5. The molecular weight excluding hydrogens is 482 g/mol. The maximum atomic E-state index is 15.5. The van der Waals surface area contributed by atoms with Crippen molar-refractivity contribution in [3.05, 3.63) is 66.4 Å². The second kappa shape index (κ2) is 10.1. The summed E-state index contributed by atoms with van der Waals surface area (Å²) in [5.74, 6) is -2.94. The molecule has 0 saturated carbocycles. The van der Waals surface area contributed by atoms with E-state index >= 15 is 8.78 Å². The summed E-state index contributed by atoms with van der Waals surface area (Å²) in [6.07, 6.45) is 4.40. The van der Waals surface area contributed by atoms with E-state index < -0.39 is 25.6 Å². The topological polar surface area (TPSA) is 101 Å². The molecule has 0 unspecified atom stereocenters. The number of primary amides is 1. The molecule has 1 aromatic carbocycles. The Bertz CT molecular complexity index is 1400. The fraction of sp³-hybridized carbons (Fsp3) is 0.280. The highest BCUT2D eigenvalue weighted by molar-refractivity contribution is 6.76. The van der Waals surface area contributed by atoms with Gasteiger partial charge in [0.15, 0.2) is 17.5 Å². The molecule has 3 heterocycles. The first-order valence-electron chi connectivity index (χ1n) is 11.4. The molecule has 0 aliphatic heterocycles. The van der Waals surface area contributed by atoms with Gasteiger partial charge >= 0.3 is 0 Å². The van der Waals surface area contributed by atoms with Crippen molar-refractivity contribution in [3.8, 4) is 33.8 Å².